The van der Waals surface area contributed by atoms with Crippen LogP contribution in [0.5, 0.6) is 0 Å². The van der Waals surface area contributed by atoms with Crippen LogP contribution in [0.25, 0.3) is 11.0 Å². The van der Waals surface area contributed by atoms with Gasteiger partial charge in [0, 0.05) is 18.2 Å². The average molecular weight is 318 g/mol. The van der Waals surface area contributed by atoms with Gasteiger partial charge in [-0.25, -0.2) is 13.6 Å². The Morgan fingerprint density at radius 1 is 1.09 bits per heavy atom. The summed E-state index contributed by atoms with van der Waals surface area (Å²) in [6.07, 6.45) is -1.25. The Morgan fingerprint density at radius 2 is 1.74 bits per heavy atom. The number of aromatic nitrogens is 2. The lowest BCUT2D eigenvalue weighted by Crippen LogP contribution is -2.26. The lowest BCUT2D eigenvalue weighted by molar-refractivity contribution is 0.152. The predicted molar refractivity (Wildman–Crippen MR) is 83.2 cm³/mol. The first-order valence-corrected chi connectivity index (χ1v) is 7.34. The molecule has 120 valence electrons. The topological polar surface area (TPSA) is 47.2 Å². The van der Waals surface area contributed by atoms with Gasteiger partial charge in [0.05, 0.1) is 23.7 Å². The Bertz CT molecular complexity index is 915. The molecule has 2 aromatic carbocycles. The van der Waals surface area contributed by atoms with Crippen molar-refractivity contribution in [3.63, 3.8) is 0 Å². The molecule has 4 nitrogen and oxygen atoms in total. The van der Waals surface area contributed by atoms with E-state index in [-0.39, 0.29) is 17.8 Å². The van der Waals surface area contributed by atoms with E-state index in [9.17, 15) is 18.7 Å². The third-order valence-corrected chi connectivity index (χ3v) is 3.92. The van der Waals surface area contributed by atoms with Crippen molar-refractivity contribution in [2.75, 3.05) is 0 Å². The highest BCUT2D eigenvalue weighted by molar-refractivity contribution is 5.76. The fourth-order valence-corrected chi connectivity index (χ4v) is 2.80. The minimum Gasteiger partial charge on any atom is -0.386 e. The zero-order chi connectivity index (χ0) is 16.6. The Balaban J connectivity index is 2.04. The highest BCUT2D eigenvalue weighted by Gasteiger charge is 2.18. The van der Waals surface area contributed by atoms with Gasteiger partial charge in [0.15, 0.2) is 0 Å². The molecule has 1 unspecified atom stereocenters. The standard InChI is InChI=1S/C17H16F2N2O2/c1-2-20-14-5-3-4-6-15(14)21(17(20)23)10-16(22)12-8-7-11(18)9-13(12)19/h3-9,16,22H,2,10H2,1H3. The number of halogens is 2. The molecule has 0 spiro atoms. The number of rotatable bonds is 4. The summed E-state index contributed by atoms with van der Waals surface area (Å²) in [6.45, 7) is 2.25. The molecule has 0 aliphatic carbocycles. The van der Waals surface area contributed by atoms with Gasteiger partial charge in [-0.3, -0.25) is 9.13 Å². The van der Waals surface area contributed by atoms with Crippen molar-refractivity contribution in [1.82, 2.24) is 9.13 Å². The maximum Gasteiger partial charge on any atom is 0.329 e. The highest BCUT2D eigenvalue weighted by atomic mass is 19.1. The number of benzene rings is 2. The van der Waals surface area contributed by atoms with E-state index >= 15 is 0 Å². The molecule has 1 heterocycles. The lowest BCUT2D eigenvalue weighted by Gasteiger charge is -2.13. The van der Waals surface area contributed by atoms with Crippen molar-refractivity contribution in [1.29, 1.82) is 0 Å². The molecule has 0 aliphatic rings. The molecule has 0 radical (unpaired) electrons. The van der Waals surface area contributed by atoms with Gasteiger partial charge < -0.3 is 5.11 Å². The second-order valence-electron chi connectivity index (χ2n) is 5.31. The number of para-hydroxylation sites is 2. The summed E-state index contributed by atoms with van der Waals surface area (Å²) >= 11 is 0. The van der Waals surface area contributed by atoms with Gasteiger partial charge in [0.2, 0.25) is 0 Å². The molecule has 1 aromatic heterocycles. The van der Waals surface area contributed by atoms with Crippen LogP contribution in [0.15, 0.2) is 47.3 Å². The van der Waals surface area contributed by atoms with Gasteiger partial charge in [-0.05, 0) is 25.1 Å². The Hall–Kier alpha value is -2.47. The molecule has 0 fully saturated rings. The summed E-state index contributed by atoms with van der Waals surface area (Å²) in [5.74, 6) is -1.54. The summed E-state index contributed by atoms with van der Waals surface area (Å²) in [7, 11) is 0. The number of aliphatic hydroxyl groups excluding tert-OH is 1. The van der Waals surface area contributed by atoms with E-state index in [0.29, 0.717) is 12.1 Å². The van der Waals surface area contributed by atoms with Crippen molar-refractivity contribution in [3.8, 4) is 0 Å². The van der Waals surface area contributed by atoms with Crippen molar-refractivity contribution >= 4 is 11.0 Å². The maximum atomic E-state index is 13.8. The monoisotopic (exact) mass is 318 g/mol. The largest absolute Gasteiger partial charge is 0.386 e. The SMILES string of the molecule is CCn1c(=O)n(CC(O)c2ccc(F)cc2F)c2ccccc21. The lowest BCUT2D eigenvalue weighted by atomic mass is 10.1. The summed E-state index contributed by atoms with van der Waals surface area (Å²) in [4.78, 5) is 12.5. The number of aryl methyl sites for hydroxylation is 1. The summed E-state index contributed by atoms with van der Waals surface area (Å²) in [5, 5.41) is 10.3. The Labute approximate surface area is 131 Å². The van der Waals surface area contributed by atoms with Gasteiger partial charge in [0.1, 0.15) is 11.6 Å². The maximum absolute atomic E-state index is 13.8. The third kappa shape index (κ3) is 2.66. The molecule has 0 saturated heterocycles. The van der Waals surface area contributed by atoms with Gasteiger partial charge in [0.25, 0.3) is 0 Å². The number of hydrogen-bond donors (Lipinski definition) is 1. The summed E-state index contributed by atoms with van der Waals surface area (Å²) in [6, 6.07) is 10.2. The molecular weight excluding hydrogens is 302 g/mol. The highest BCUT2D eigenvalue weighted by Crippen LogP contribution is 2.21. The molecule has 3 rings (SSSR count). The predicted octanol–water partition coefficient (Wildman–Crippen LogP) is 2.83. The summed E-state index contributed by atoms with van der Waals surface area (Å²) in [5.41, 5.74) is 1.12. The van der Waals surface area contributed by atoms with Crippen LogP contribution in [0.2, 0.25) is 0 Å². The first-order valence-electron chi connectivity index (χ1n) is 7.34. The van der Waals surface area contributed by atoms with Crippen molar-refractivity contribution < 1.29 is 13.9 Å². The smallest absolute Gasteiger partial charge is 0.329 e. The second kappa shape index (κ2) is 5.96. The quantitative estimate of drug-likeness (QED) is 0.804. The first kappa shape index (κ1) is 15.4. The van der Waals surface area contributed by atoms with E-state index in [0.717, 1.165) is 17.6 Å². The normalized spacial score (nSPS) is 12.7. The van der Waals surface area contributed by atoms with Crippen LogP contribution < -0.4 is 5.69 Å². The molecule has 0 aliphatic heterocycles. The van der Waals surface area contributed by atoms with Crippen LogP contribution in [-0.4, -0.2) is 14.2 Å². The Kier molecular flexibility index (Phi) is 4.00. The average Bonchev–Trinajstić information content (AvgIpc) is 2.79. The Morgan fingerprint density at radius 3 is 2.35 bits per heavy atom. The number of hydrogen-bond acceptors (Lipinski definition) is 2. The number of imidazole rings is 1. The van der Waals surface area contributed by atoms with Crippen LogP contribution >= 0.6 is 0 Å². The van der Waals surface area contributed by atoms with Gasteiger partial charge in [-0.15, -0.1) is 0 Å². The van der Waals surface area contributed by atoms with Gasteiger partial charge in [-0.1, -0.05) is 18.2 Å². The molecule has 3 aromatic rings. The second-order valence-corrected chi connectivity index (χ2v) is 5.31. The van der Waals surface area contributed by atoms with Crippen molar-refractivity contribution in [2.45, 2.75) is 26.1 Å². The van der Waals surface area contributed by atoms with Gasteiger partial charge in [-0.2, -0.15) is 0 Å². The zero-order valence-corrected chi connectivity index (χ0v) is 12.5. The molecule has 0 bridgehead atoms. The minimum absolute atomic E-state index is 0.0355. The fourth-order valence-electron chi connectivity index (χ4n) is 2.80. The van der Waals surface area contributed by atoms with E-state index in [2.05, 4.69) is 0 Å². The molecule has 0 amide bonds. The summed E-state index contributed by atoms with van der Waals surface area (Å²) < 4.78 is 29.8. The molecule has 0 saturated carbocycles. The molecule has 1 N–H and O–H groups in total. The van der Waals surface area contributed by atoms with Crippen molar-refractivity contribution in [2.24, 2.45) is 0 Å². The van der Waals surface area contributed by atoms with Crippen LogP contribution in [-0.2, 0) is 13.1 Å². The number of nitrogens with zero attached hydrogens (tertiary/aromatic N) is 2. The van der Waals surface area contributed by atoms with Crippen LogP contribution in [0.4, 0.5) is 8.78 Å². The first-order chi connectivity index (χ1) is 11.0. The van der Waals surface area contributed by atoms with Crippen LogP contribution in [0, 0.1) is 11.6 Å². The van der Waals surface area contributed by atoms with E-state index in [1.807, 2.05) is 19.1 Å². The molecule has 23 heavy (non-hydrogen) atoms. The van der Waals surface area contributed by atoms with Crippen molar-refractivity contribution in [3.05, 3.63) is 70.1 Å². The molecule has 6 heteroatoms. The van der Waals surface area contributed by atoms with E-state index < -0.39 is 17.7 Å². The van der Waals surface area contributed by atoms with Crippen LogP contribution in [0.1, 0.15) is 18.6 Å². The van der Waals surface area contributed by atoms with Gasteiger partial charge >= 0.3 is 5.69 Å². The van der Waals surface area contributed by atoms with Crippen LogP contribution in [0.3, 0.4) is 0 Å². The number of aliphatic hydroxyl groups is 1. The zero-order valence-electron chi connectivity index (χ0n) is 12.5. The third-order valence-electron chi connectivity index (χ3n) is 3.92. The molecular formula is C17H16F2N2O2. The minimum atomic E-state index is -1.25. The number of fused-ring (bicyclic) bond motifs is 1. The van der Waals surface area contributed by atoms with E-state index in [4.69, 9.17) is 0 Å². The fraction of sp³-hybridized carbons (Fsp3) is 0.235. The van der Waals surface area contributed by atoms with E-state index in [1.54, 1.807) is 16.7 Å². The van der Waals surface area contributed by atoms with E-state index in [1.165, 1.54) is 10.6 Å². The molecule has 1 atom stereocenters.